The number of rotatable bonds is 9. The van der Waals surface area contributed by atoms with Crippen LogP contribution in [0.15, 0.2) is 60.7 Å². The predicted octanol–water partition coefficient (Wildman–Crippen LogP) is 5.45. The number of ether oxygens (including phenoxy) is 1. The van der Waals surface area contributed by atoms with Crippen molar-refractivity contribution in [2.75, 3.05) is 13.2 Å². The Bertz CT molecular complexity index is 1270. The molecule has 0 bridgehead atoms. The molecule has 1 heterocycles. The fourth-order valence-electron chi connectivity index (χ4n) is 4.38. The van der Waals surface area contributed by atoms with Crippen LogP contribution in [0.1, 0.15) is 40.1 Å². The van der Waals surface area contributed by atoms with Crippen molar-refractivity contribution in [1.29, 1.82) is 0 Å². The molecule has 0 saturated carbocycles. The first-order chi connectivity index (χ1) is 16.4. The molecule has 3 aromatic carbocycles. The molecule has 0 aliphatic rings. The van der Waals surface area contributed by atoms with Crippen molar-refractivity contribution in [2.24, 2.45) is 0 Å². The summed E-state index contributed by atoms with van der Waals surface area (Å²) in [5.74, 6) is 1.64. The molecule has 4 aromatic rings. The molecular formula is C29H33N3O2. The van der Waals surface area contributed by atoms with Crippen LogP contribution in [-0.2, 0) is 17.8 Å². The van der Waals surface area contributed by atoms with Gasteiger partial charge in [-0.25, -0.2) is 4.98 Å². The molecule has 0 saturated heterocycles. The number of para-hydroxylation sites is 3. The highest BCUT2D eigenvalue weighted by atomic mass is 16.5. The van der Waals surface area contributed by atoms with Crippen molar-refractivity contribution in [2.45, 2.75) is 47.1 Å². The second-order valence-electron chi connectivity index (χ2n) is 8.90. The lowest BCUT2D eigenvalue weighted by Crippen LogP contribution is -2.30. The fraction of sp³-hybridized carbons (Fsp3) is 0.310. The number of amides is 1. The average Bonchev–Trinajstić information content (AvgIpc) is 3.19. The summed E-state index contributed by atoms with van der Waals surface area (Å²) in [4.78, 5) is 17.1. The van der Waals surface area contributed by atoms with Gasteiger partial charge in [0, 0.05) is 19.5 Å². The van der Waals surface area contributed by atoms with E-state index in [-0.39, 0.29) is 12.5 Å². The second kappa shape index (κ2) is 10.6. The number of imidazole rings is 1. The van der Waals surface area contributed by atoms with Crippen molar-refractivity contribution < 1.29 is 9.53 Å². The quantitative estimate of drug-likeness (QED) is 0.342. The van der Waals surface area contributed by atoms with Gasteiger partial charge >= 0.3 is 0 Å². The third-order valence-electron chi connectivity index (χ3n) is 6.58. The van der Waals surface area contributed by atoms with Gasteiger partial charge in [0.2, 0.25) is 0 Å². The van der Waals surface area contributed by atoms with Gasteiger partial charge in [-0.05, 0) is 86.2 Å². The molecule has 5 heteroatoms. The maximum absolute atomic E-state index is 12.2. The molecular weight excluding hydrogens is 422 g/mol. The van der Waals surface area contributed by atoms with Crippen molar-refractivity contribution in [1.82, 2.24) is 14.9 Å². The molecule has 1 N–H and O–H groups in total. The van der Waals surface area contributed by atoms with Gasteiger partial charge in [0.15, 0.2) is 6.61 Å². The second-order valence-corrected chi connectivity index (χ2v) is 8.90. The van der Waals surface area contributed by atoms with Crippen molar-refractivity contribution in [3.63, 3.8) is 0 Å². The Kier molecular flexibility index (Phi) is 7.31. The average molecular weight is 456 g/mol. The molecule has 5 nitrogen and oxygen atoms in total. The number of nitrogens with zero attached hydrogens (tertiary/aromatic N) is 2. The van der Waals surface area contributed by atoms with Gasteiger partial charge < -0.3 is 14.6 Å². The van der Waals surface area contributed by atoms with E-state index >= 15 is 0 Å². The van der Waals surface area contributed by atoms with E-state index in [0.29, 0.717) is 12.3 Å². The van der Waals surface area contributed by atoms with Crippen LogP contribution in [0.4, 0.5) is 0 Å². The number of benzene rings is 3. The molecule has 0 atom stereocenters. The zero-order chi connectivity index (χ0) is 24.1. The van der Waals surface area contributed by atoms with Crippen LogP contribution in [-0.4, -0.2) is 28.6 Å². The number of aryl methyl sites for hydroxylation is 3. The first kappa shape index (κ1) is 23.6. The smallest absolute Gasteiger partial charge is 0.257 e. The number of nitrogens with one attached hydrogen (secondary N) is 1. The maximum atomic E-state index is 12.2. The predicted molar refractivity (Wildman–Crippen MR) is 137 cm³/mol. The molecule has 0 unspecified atom stereocenters. The Morgan fingerprint density at radius 1 is 0.941 bits per heavy atom. The number of carbonyl (C=O) groups excluding carboxylic acids is 1. The molecule has 1 amide bonds. The van der Waals surface area contributed by atoms with Gasteiger partial charge in [-0.3, -0.25) is 4.79 Å². The van der Waals surface area contributed by atoms with E-state index in [1.54, 1.807) is 0 Å². The van der Waals surface area contributed by atoms with Crippen molar-refractivity contribution >= 4 is 16.9 Å². The molecule has 34 heavy (non-hydrogen) atoms. The molecule has 0 radical (unpaired) electrons. The highest BCUT2D eigenvalue weighted by Crippen LogP contribution is 2.26. The molecule has 0 spiro atoms. The maximum Gasteiger partial charge on any atom is 0.257 e. The highest BCUT2D eigenvalue weighted by Gasteiger charge is 2.15. The van der Waals surface area contributed by atoms with E-state index < -0.39 is 0 Å². The van der Waals surface area contributed by atoms with Gasteiger partial charge in [-0.1, -0.05) is 36.4 Å². The Labute approximate surface area is 201 Å². The number of aromatic nitrogens is 2. The lowest BCUT2D eigenvalue weighted by atomic mass is 9.94. The van der Waals surface area contributed by atoms with E-state index in [0.717, 1.165) is 36.2 Å². The first-order valence-electron chi connectivity index (χ1n) is 11.9. The standard InChI is InChI=1S/C29H33N3O2/c1-20-17-21(2)23(4)25(22(20)3)18-32-27-14-9-8-13-26(27)31-28(32)15-10-16-30-29(33)19-34-24-11-6-5-7-12-24/h5-9,11-14,17H,10,15-16,18-19H2,1-4H3,(H,30,33). The number of carbonyl (C=O) groups is 1. The summed E-state index contributed by atoms with van der Waals surface area (Å²) in [6.07, 6.45) is 1.60. The van der Waals surface area contributed by atoms with E-state index in [2.05, 4.69) is 61.8 Å². The third kappa shape index (κ3) is 5.30. The van der Waals surface area contributed by atoms with Crippen LogP contribution >= 0.6 is 0 Å². The lowest BCUT2D eigenvalue weighted by Gasteiger charge is -2.18. The van der Waals surface area contributed by atoms with Crippen LogP contribution in [0.3, 0.4) is 0 Å². The van der Waals surface area contributed by atoms with Gasteiger partial charge in [0.25, 0.3) is 5.91 Å². The summed E-state index contributed by atoms with van der Waals surface area (Å²) in [5, 5.41) is 2.96. The summed E-state index contributed by atoms with van der Waals surface area (Å²) in [6, 6.07) is 20.0. The van der Waals surface area contributed by atoms with E-state index in [9.17, 15) is 4.79 Å². The highest BCUT2D eigenvalue weighted by molar-refractivity contribution is 5.77. The van der Waals surface area contributed by atoms with Crippen LogP contribution in [0.25, 0.3) is 11.0 Å². The number of fused-ring (bicyclic) bond motifs is 1. The Balaban J connectivity index is 1.43. The van der Waals surface area contributed by atoms with Crippen LogP contribution in [0, 0.1) is 27.7 Å². The number of hydrogen-bond donors (Lipinski definition) is 1. The Morgan fingerprint density at radius 3 is 2.35 bits per heavy atom. The third-order valence-corrected chi connectivity index (χ3v) is 6.58. The molecule has 0 fully saturated rings. The fourth-order valence-corrected chi connectivity index (χ4v) is 4.38. The van der Waals surface area contributed by atoms with E-state index in [4.69, 9.17) is 9.72 Å². The van der Waals surface area contributed by atoms with Gasteiger partial charge in [-0.15, -0.1) is 0 Å². The SMILES string of the molecule is Cc1cc(C)c(C)c(Cn2c(CCCNC(=O)COc3ccccc3)nc3ccccc32)c1C. The van der Waals surface area contributed by atoms with E-state index in [1.165, 1.54) is 27.8 Å². The molecule has 4 rings (SSSR count). The minimum Gasteiger partial charge on any atom is -0.484 e. The van der Waals surface area contributed by atoms with Crippen molar-refractivity contribution in [3.8, 4) is 5.75 Å². The largest absolute Gasteiger partial charge is 0.484 e. The van der Waals surface area contributed by atoms with E-state index in [1.807, 2.05) is 36.4 Å². The van der Waals surface area contributed by atoms with Crippen molar-refractivity contribution in [3.05, 3.63) is 94.3 Å². The van der Waals surface area contributed by atoms with Crippen LogP contribution in [0.5, 0.6) is 5.75 Å². The normalized spacial score (nSPS) is 11.1. The molecule has 176 valence electrons. The molecule has 1 aromatic heterocycles. The number of hydrogen-bond acceptors (Lipinski definition) is 3. The Hall–Kier alpha value is -3.60. The molecule has 0 aliphatic carbocycles. The minimum absolute atomic E-state index is 0.0216. The zero-order valence-electron chi connectivity index (χ0n) is 20.5. The lowest BCUT2D eigenvalue weighted by molar-refractivity contribution is -0.123. The van der Waals surface area contributed by atoms with Gasteiger partial charge in [-0.2, -0.15) is 0 Å². The summed E-state index contributed by atoms with van der Waals surface area (Å²) in [7, 11) is 0. The topological polar surface area (TPSA) is 56.2 Å². The first-order valence-corrected chi connectivity index (χ1v) is 11.9. The minimum atomic E-state index is -0.112. The van der Waals surface area contributed by atoms with Crippen LogP contribution < -0.4 is 10.1 Å². The monoisotopic (exact) mass is 455 g/mol. The summed E-state index contributed by atoms with van der Waals surface area (Å²) in [5.41, 5.74) is 8.87. The van der Waals surface area contributed by atoms with Gasteiger partial charge in [0.05, 0.1) is 11.0 Å². The van der Waals surface area contributed by atoms with Crippen LogP contribution in [0.2, 0.25) is 0 Å². The Morgan fingerprint density at radius 2 is 1.62 bits per heavy atom. The zero-order valence-corrected chi connectivity index (χ0v) is 20.5. The summed E-state index contributed by atoms with van der Waals surface area (Å²) >= 11 is 0. The molecule has 0 aliphatic heterocycles. The summed E-state index contributed by atoms with van der Waals surface area (Å²) < 4.78 is 7.86. The summed E-state index contributed by atoms with van der Waals surface area (Å²) in [6.45, 7) is 10.2. The van der Waals surface area contributed by atoms with Gasteiger partial charge in [0.1, 0.15) is 11.6 Å².